The second-order valence-electron chi connectivity index (χ2n) is 5.57. The highest BCUT2D eigenvalue weighted by molar-refractivity contribution is 14.0. The predicted octanol–water partition coefficient (Wildman–Crippen LogP) is 2.40. The van der Waals surface area contributed by atoms with Crippen molar-refractivity contribution in [2.24, 2.45) is 10.7 Å². The molecular formula is C15H25IN4OS. The van der Waals surface area contributed by atoms with E-state index in [1.54, 1.807) is 6.26 Å². The fraction of sp³-hybridized carbons (Fsp3) is 0.667. The molecule has 0 bridgehead atoms. The van der Waals surface area contributed by atoms with Gasteiger partial charge >= 0.3 is 0 Å². The van der Waals surface area contributed by atoms with Crippen LogP contribution in [0.1, 0.15) is 24.6 Å². The van der Waals surface area contributed by atoms with Crippen molar-refractivity contribution in [3.8, 4) is 0 Å². The highest BCUT2D eigenvalue weighted by Gasteiger charge is 2.25. The van der Waals surface area contributed by atoms with Crippen LogP contribution in [0.5, 0.6) is 0 Å². The highest BCUT2D eigenvalue weighted by atomic mass is 127. The Morgan fingerprint density at radius 1 is 1.27 bits per heavy atom. The molecule has 2 N–H and O–H groups in total. The van der Waals surface area contributed by atoms with Crippen LogP contribution in [-0.4, -0.2) is 60.0 Å². The van der Waals surface area contributed by atoms with E-state index >= 15 is 0 Å². The summed E-state index contributed by atoms with van der Waals surface area (Å²) in [5.41, 5.74) is 6.17. The number of hydrogen-bond donors (Lipinski definition) is 1. The summed E-state index contributed by atoms with van der Waals surface area (Å²) in [4.78, 5) is 9.31. The lowest BCUT2D eigenvalue weighted by molar-refractivity contribution is 0.220. The van der Waals surface area contributed by atoms with Gasteiger partial charge in [-0.3, -0.25) is 9.89 Å². The van der Waals surface area contributed by atoms with Crippen molar-refractivity contribution in [3.63, 3.8) is 0 Å². The molecule has 0 saturated carbocycles. The first-order valence-corrected chi connectivity index (χ1v) is 8.90. The molecule has 3 heterocycles. The molecule has 0 aromatic carbocycles. The van der Waals surface area contributed by atoms with Crippen LogP contribution < -0.4 is 5.73 Å². The van der Waals surface area contributed by atoms with Crippen molar-refractivity contribution in [1.29, 1.82) is 0 Å². The predicted molar refractivity (Wildman–Crippen MR) is 103 cm³/mol. The molecule has 3 rings (SSSR count). The lowest BCUT2D eigenvalue weighted by Gasteiger charge is -2.28. The summed E-state index contributed by atoms with van der Waals surface area (Å²) in [6, 6.07) is 4.22. The lowest BCUT2D eigenvalue weighted by Crippen LogP contribution is -2.43. The van der Waals surface area contributed by atoms with Gasteiger partial charge in [-0.25, -0.2) is 0 Å². The maximum absolute atomic E-state index is 6.17. The Balaban J connectivity index is 0.00000176. The molecule has 2 fully saturated rings. The Kier molecular flexibility index (Phi) is 7.36. The number of guanidine groups is 1. The molecule has 2 aliphatic rings. The summed E-state index contributed by atoms with van der Waals surface area (Å²) < 4.78 is 5.62. The van der Waals surface area contributed by atoms with Crippen LogP contribution in [0.3, 0.4) is 0 Å². The van der Waals surface area contributed by atoms with Crippen LogP contribution in [-0.2, 0) is 0 Å². The first kappa shape index (κ1) is 17.9. The summed E-state index contributed by atoms with van der Waals surface area (Å²) in [5, 5.41) is 0. The van der Waals surface area contributed by atoms with Gasteiger partial charge in [-0.1, -0.05) is 0 Å². The number of nitrogens with two attached hydrogens (primary N) is 1. The fourth-order valence-electron chi connectivity index (χ4n) is 2.99. The van der Waals surface area contributed by atoms with E-state index in [1.165, 1.54) is 12.8 Å². The average Bonchev–Trinajstić information content (AvgIpc) is 3.22. The molecule has 2 aliphatic heterocycles. The number of hydrogen-bond acceptors (Lipinski definition) is 4. The molecule has 1 aromatic rings. The minimum absolute atomic E-state index is 0. The number of likely N-dealkylation sites (tertiary alicyclic amines) is 1. The van der Waals surface area contributed by atoms with Gasteiger partial charge in [0.05, 0.1) is 18.8 Å². The smallest absolute Gasteiger partial charge is 0.191 e. The van der Waals surface area contributed by atoms with Gasteiger partial charge in [0, 0.05) is 24.6 Å². The normalized spacial score (nSPS) is 21.6. The van der Waals surface area contributed by atoms with Crippen LogP contribution in [0.4, 0.5) is 0 Å². The summed E-state index contributed by atoms with van der Waals surface area (Å²) >= 11 is 1.98. The number of nitrogens with zero attached hydrogens (tertiary/aromatic N) is 3. The zero-order valence-corrected chi connectivity index (χ0v) is 16.0. The Labute approximate surface area is 153 Å². The van der Waals surface area contributed by atoms with Crippen molar-refractivity contribution in [2.75, 3.05) is 44.2 Å². The first-order chi connectivity index (χ1) is 10.3. The molecule has 22 heavy (non-hydrogen) atoms. The molecule has 0 aliphatic carbocycles. The van der Waals surface area contributed by atoms with Gasteiger partial charge in [0.15, 0.2) is 5.96 Å². The third-order valence-corrected chi connectivity index (χ3v) is 5.16. The molecule has 124 valence electrons. The van der Waals surface area contributed by atoms with Crippen LogP contribution in [0.2, 0.25) is 0 Å². The number of thioether (sulfide) groups is 1. The minimum Gasteiger partial charge on any atom is -0.468 e. The SMILES string of the molecule is I.NC(=NCC(c1ccco1)N1CCCC1)N1CCSCC1. The highest BCUT2D eigenvalue weighted by Crippen LogP contribution is 2.25. The van der Waals surface area contributed by atoms with Crippen molar-refractivity contribution in [2.45, 2.75) is 18.9 Å². The Hall–Kier alpha value is -0.410. The van der Waals surface area contributed by atoms with Crippen LogP contribution >= 0.6 is 35.7 Å². The minimum atomic E-state index is 0. The number of halogens is 1. The quantitative estimate of drug-likeness (QED) is 0.446. The van der Waals surface area contributed by atoms with E-state index in [0.29, 0.717) is 12.5 Å². The second-order valence-corrected chi connectivity index (χ2v) is 6.80. The summed E-state index contributed by atoms with van der Waals surface area (Å²) in [7, 11) is 0. The van der Waals surface area contributed by atoms with E-state index in [1.807, 2.05) is 23.9 Å². The zero-order valence-electron chi connectivity index (χ0n) is 12.8. The fourth-order valence-corrected chi connectivity index (χ4v) is 3.90. The van der Waals surface area contributed by atoms with E-state index < -0.39 is 0 Å². The van der Waals surface area contributed by atoms with Gasteiger partial charge < -0.3 is 15.1 Å². The van der Waals surface area contributed by atoms with Crippen molar-refractivity contribution in [1.82, 2.24) is 9.80 Å². The molecule has 1 unspecified atom stereocenters. The Morgan fingerprint density at radius 3 is 2.64 bits per heavy atom. The lowest BCUT2D eigenvalue weighted by atomic mass is 10.2. The zero-order chi connectivity index (χ0) is 14.5. The van der Waals surface area contributed by atoms with Gasteiger partial charge in [-0.15, -0.1) is 24.0 Å². The third-order valence-electron chi connectivity index (χ3n) is 4.21. The monoisotopic (exact) mass is 436 g/mol. The van der Waals surface area contributed by atoms with Crippen LogP contribution in [0, 0.1) is 0 Å². The van der Waals surface area contributed by atoms with Gasteiger partial charge in [0.1, 0.15) is 5.76 Å². The van der Waals surface area contributed by atoms with E-state index in [2.05, 4.69) is 14.8 Å². The summed E-state index contributed by atoms with van der Waals surface area (Å²) in [6.07, 6.45) is 4.27. The summed E-state index contributed by atoms with van der Waals surface area (Å²) in [5.74, 6) is 3.97. The molecule has 2 saturated heterocycles. The van der Waals surface area contributed by atoms with E-state index in [-0.39, 0.29) is 30.0 Å². The Bertz CT molecular complexity index is 456. The van der Waals surface area contributed by atoms with E-state index in [9.17, 15) is 0 Å². The molecule has 1 aromatic heterocycles. The van der Waals surface area contributed by atoms with Crippen molar-refractivity contribution < 1.29 is 4.42 Å². The van der Waals surface area contributed by atoms with Crippen molar-refractivity contribution in [3.05, 3.63) is 24.2 Å². The third kappa shape index (κ3) is 4.55. The van der Waals surface area contributed by atoms with Gasteiger partial charge in [-0.05, 0) is 38.1 Å². The Morgan fingerprint density at radius 2 is 2.00 bits per heavy atom. The van der Waals surface area contributed by atoms with Gasteiger partial charge in [-0.2, -0.15) is 11.8 Å². The van der Waals surface area contributed by atoms with E-state index in [4.69, 9.17) is 10.2 Å². The molecule has 1 atom stereocenters. The average molecular weight is 436 g/mol. The molecule has 0 spiro atoms. The second kappa shape index (κ2) is 9.02. The summed E-state index contributed by atoms with van der Waals surface area (Å²) in [6.45, 7) is 4.95. The molecule has 7 heteroatoms. The standard InChI is InChI=1S/C15H24N4OS.HI/c16-15(19-7-10-21-11-8-19)17-12-13(14-4-3-9-20-14)18-5-1-2-6-18;/h3-4,9,13H,1-2,5-8,10-12H2,(H2,16,17);1H. The van der Waals surface area contributed by atoms with E-state index in [0.717, 1.165) is 43.4 Å². The number of aliphatic imine (C=N–C) groups is 1. The molecular weight excluding hydrogens is 411 g/mol. The molecule has 0 radical (unpaired) electrons. The molecule has 0 amide bonds. The van der Waals surface area contributed by atoms with Crippen LogP contribution in [0.15, 0.2) is 27.8 Å². The maximum atomic E-state index is 6.17. The largest absolute Gasteiger partial charge is 0.468 e. The van der Waals surface area contributed by atoms with Crippen LogP contribution in [0.25, 0.3) is 0 Å². The van der Waals surface area contributed by atoms with Crippen molar-refractivity contribution >= 4 is 41.7 Å². The van der Waals surface area contributed by atoms with Gasteiger partial charge in [0.25, 0.3) is 0 Å². The molecule has 5 nitrogen and oxygen atoms in total. The topological polar surface area (TPSA) is 58.0 Å². The van der Waals surface area contributed by atoms with Gasteiger partial charge in [0.2, 0.25) is 0 Å². The number of rotatable bonds is 4. The maximum Gasteiger partial charge on any atom is 0.191 e. The first-order valence-electron chi connectivity index (χ1n) is 7.74. The number of furan rings is 1.